The van der Waals surface area contributed by atoms with Crippen molar-refractivity contribution in [2.45, 2.75) is 0 Å². The third kappa shape index (κ3) is 208. The zero-order chi connectivity index (χ0) is 3.58. The third-order valence-corrected chi connectivity index (χ3v) is 0. The van der Waals surface area contributed by atoms with Gasteiger partial charge in [0.15, 0.2) is 0 Å². The fourth-order valence-corrected chi connectivity index (χ4v) is 0. The van der Waals surface area contributed by atoms with Gasteiger partial charge in [0.05, 0.1) is 0 Å². The molecule has 0 aliphatic rings. The summed E-state index contributed by atoms with van der Waals surface area (Å²) in [4.78, 5) is 14.2. The summed E-state index contributed by atoms with van der Waals surface area (Å²) in [5, 5.41) is 0. The van der Waals surface area contributed by atoms with Crippen molar-refractivity contribution >= 4 is 45.5 Å². The van der Waals surface area contributed by atoms with E-state index in [1.165, 1.54) is 0 Å². The van der Waals surface area contributed by atoms with E-state index in [1.807, 2.05) is 0 Å². The van der Waals surface area contributed by atoms with Crippen LogP contribution in [0.4, 0.5) is 0 Å². The number of hydrogen-bond acceptors (Lipinski definition) is 1. The highest BCUT2D eigenvalue weighted by Gasteiger charge is 1.93. The molecular weight excluding hydrogens is 185 g/mol. The molecule has 2 N–H and O–H groups in total. The minimum absolute atomic E-state index is 0. The van der Waals surface area contributed by atoms with E-state index in [0.717, 1.165) is 0 Å². The summed E-state index contributed by atoms with van der Waals surface area (Å²) in [5.41, 5.74) is 0. The van der Waals surface area contributed by atoms with E-state index in [9.17, 15) is 0 Å². The molecule has 0 aliphatic heterocycles. The average molecular weight is 190 g/mol. The third-order valence-electron chi connectivity index (χ3n) is 0. The maximum Gasteiger partial charge on any atom is 0.692 e. The van der Waals surface area contributed by atoms with Crippen molar-refractivity contribution in [3.05, 3.63) is 0 Å². The molecule has 7 heavy (non-hydrogen) atoms. The molecule has 0 fully saturated rings. The molecule has 48 valence electrons. The quantitative estimate of drug-likeness (QED) is 0.558. The molecule has 0 aromatic carbocycles. The highest BCUT2D eigenvalue weighted by molar-refractivity contribution is 7.30. The van der Waals surface area contributed by atoms with Crippen LogP contribution in [0.2, 0.25) is 0 Å². The fourth-order valence-electron chi connectivity index (χ4n) is 0. The van der Waals surface area contributed by atoms with E-state index in [0.29, 0.717) is 0 Å². The molecule has 0 heterocycles. The predicted molar refractivity (Wildman–Crippen MR) is 33.8 cm³/mol. The van der Waals surface area contributed by atoms with Gasteiger partial charge in [-0.05, 0) is 0 Å². The van der Waals surface area contributed by atoms with Gasteiger partial charge in [-0.25, -0.2) is 0 Å². The molecule has 0 unspecified atom stereocenters. The number of rotatable bonds is 0. The lowest BCUT2D eigenvalue weighted by atomic mass is 15.8. The largest absolute Gasteiger partial charge is 0.692 e. The Morgan fingerprint density at radius 2 is 1.00 bits per heavy atom. The lowest BCUT2D eigenvalue weighted by Crippen LogP contribution is -1.38. The van der Waals surface area contributed by atoms with Gasteiger partial charge >= 0.3 is 8.25 Å². The molecule has 0 saturated carbocycles. The molecular formula is H5Cl3O3P+. The van der Waals surface area contributed by atoms with Crippen LogP contribution in [0.5, 0.6) is 0 Å². The van der Waals surface area contributed by atoms with Crippen molar-refractivity contribution in [2.24, 2.45) is 0 Å². The maximum atomic E-state index is 8.70. The molecule has 0 spiro atoms. The molecule has 0 atom stereocenters. The predicted octanol–water partition coefficient (Wildman–Crippen LogP) is 0.894. The van der Waals surface area contributed by atoms with Crippen LogP contribution in [0.3, 0.4) is 0 Å². The van der Waals surface area contributed by atoms with Crippen LogP contribution in [0.1, 0.15) is 0 Å². The Hall–Kier alpha value is 0.890. The Morgan fingerprint density at radius 1 is 1.00 bits per heavy atom. The van der Waals surface area contributed by atoms with E-state index < -0.39 is 8.25 Å². The number of hydrogen-bond donors (Lipinski definition) is 2. The van der Waals surface area contributed by atoms with Gasteiger partial charge in [-0.15, -0.1) is 47.0 Å². The Kier molecular flexibility index (Phi) is 55.9. The minimum Gasteiger partial charge on any atom is -0.147 e. The summed E-state index contributed by atoms with van der Waals surface area (Å²) in [6.07, 6.45) is 0. The Balaban J connectivity index is -0.0000000150. The van der Waals surface area contributed by atoms with Crippen molar-refractivity contribution in [3.63, 3.8) is 0 Å². The van der Waals surface area contributed by atoms with Crippen LogP contribution in [-0.2, 0) is 4.57 Å². The molecule has 0 amide bonds. The molecule has 0 bridgehead atoms. The van der Waals surface area contributed by atoms with Gasteiger partial charge in [-0.2, -0.15) is 0 Å². The normalized spacial score (nSPS) is 3.71. The molecule has 0 rings (SSSR count). The first-order valence-corrected chi connectivity index (χ1v) is 1.75. The van der Waals surface area contributed by atoms with E-state index >= 15 is 0 Å². The second kappa shape index (κ2) is 15.8. The van der Waals surface area contributed by atoms with Crippen LogP contribution in [0.15, 0.2) is 0 Å². The van der Waals surface area contributed by atoms with Crippen molar-refractivity contribution in [1.82, 2.24) is 0 Å². The molecule has 3 nitrogen and oxygen atoms in total. The van der Waals surface area contributed by atoms with Crippen LogP contribution in [-0.4, -0.2) is 9.79 Å². The SMILES string of the molecule is Cl.Cl.Cl.O=[P+](O)O. The van der Waals surface area contributed by atoms with Crippen molar-refractivity contribution in [1.29, 1.82) is 0 Å². The van der Waals surface area contributed by atoms with E-state index in [-0.39, 0.29) is 37.2 Å². The first kappa shape index (κ1) is 24.8. The second-order valence-electron chi connectivity index (χ2n) is 0.253. The topological polar surface area (TPSA) is 57.5 Å². The Bertz CT molecular complexity index is 33.2. The van der Waals surface area contributed by atoms with Crippen molar-refractivity contribution in [3.8, 4) is 0 Å². The molecule has 0 aliphatic carbocycles. The fraction of sp³-hybridized carbons (Fsp3) is 0. The van der Waals surface area contributed by atoms with Crippen molar-refractivity contribution in [2.75, 3.05) is 0 Å². The number of halogens is 3. The zero-order valence-electron chi connectivity index (χ0n) is 2.97. The van der Waals surface area contributed by atoms with Gasteiger partial charge < -0.3 is 0 Å². The maximum absolute atomic E-state index is 8.70. The first-order chi connectivity index (χ1) is 1.73. The van der Waals surface area contributed by atoms with Gasteiger partial charge in [0.2, 0.25) is 0 Å². The van der Waals surface area contributed by atoms with E-state index in [2.05, 4.69) is 0 Å². The van der Waals surface area contributed by atoms with E-state index in [1.54, 1.807) is 0 Å². The highest BCUT2D eigenvalue weighted by atomic mass is 35.5. The summed E-state index contributed by atoms with van der Waals surface area (Å²) in [6.45, 7) is 0. The van der Waals surface area contributed by atoms with Crippen LogP contribution < -0.4 is 0 Å². The second-order valence-corrected chi connectivity index (χ2v) is 0.758. The summed E-state index contributed by atoms with van der Waals surface area (Å²) < 4.78 is 8.70. The van der Waals surface area contributed by atoms with Crippen molar-refractivity contribution < 1.29 is 14.4 Å². The Morgan fingerprint density at radius 3 is 1.00 bits per heavy atom. The molecule has 0 radical (unpaired) electrons. The van der Waals surface area contributed by atoms with E-state index in [4.69, 9.17) is 14.4 Å². The van der Waals surface area contributed by atoms with Gasteiger partial charge in [-0.1, -0.05) is 0 Å². The van der Waals surface area contributed by atoms with Gasteiger partial charge in [0, 0.05) is 4.57 Å². The standard InChI is InChI=1S/3ClH.HO3P/c;;;1-4(2)3/h3*1H;(H-,1,2,3)/p+1. The summed E-state index contributed by atoms with van der Waals surface area (Å²) in [7, 11) is -2.87. The molecule has 0 aromatic heterocycles. The van der Waals surface area contributed by atoms with Crippen LogP contribution in [0.25, 0.3) is 0 Å². The van der Waals surface area contributed by atoms with Gasteiger partial charge in [0.25, 0.3) is 0 Å². The summed E-state index contributed by atoms with van der Waals surface area (Å²) in [6, 6.07) is 0. The first-order valence-electron chi connectivity index (χ1n) is 0.583. The lowest BCUT2D eigenvalue weighted by Gasteiger charge is -1.34. The summed E-state index contributed by atoms with van der Waals surface area (Å²) >= 11 is 0. The molecule has 0 saturated heterocycles. The molecule has 7 heteroatoms. The van der Waals surface area contributed by atoms with Gasteiger partial charge in [-0.3, -0.25) is 0 Å². The Labute approximate surface area is 60.3 Å². The monoisotopic (exact) mass is 189 g/mol. The minimum atomic E-state index is -2.87. The van der Waals surface area contributed by atoms with Gasteiger partial charge in [0.1, 0.15) is 0 Å². The van der Waals surface area contributed by atoms with Crippen LogP contribution >= 0.6 is 45.5 Å². The van der Waals surface area contributed by atoms with Crippen LogP contribution in [0, 0.1) is 0 Å². The highest BCUT2D eigenvalue weighted by Crippen LogP contribution is 1.98. The average Bonchev–Trinajstić information content (AvgIpc) is 0.811. The lowest BCUT2D eigenvalue weighted by molar-refractivity contribution is 0.405. The summed E-state index contributed by atoms with van der Waals surface area (Å²) in [5.74, 6) is 0. The zero-order valence-corrected chi connectivity index (χ0v) is 6.32. The molecule has 0 aromatic rings. The smallest absolute Gasteiger partial charge is 0.147 e.